The smallest absolute Gasteiger partial charge is 0.264 e. The molecule has 0 saturated carbocycles. The molecule has 0 fully saturated rings. The van der Waals surface area contributed by atoms with E-state index in [0.29, 0.717) is 13.0 Å². The van der Waals surface area contributed by atoms with Gasteiger partial charge in [0, 0.05) is 23.1 Å². The lowest BCUT2D eigenvalue weighted by molar-refractivity contribution is -0.140. The second kappa shape index (κ2) is 14.0. The molecule has 7 nitrogen and oxygen atoms in total. The van der Waals surface area contributed by atoms with Crippen LogP contribution in [0, 0.1) is 12.8 Å². The highest BCUT2D eigenvalue weighted by Crippen LogP contribution is 2.30. The van der Waals surface area contributed by atoms with Crippen LogP contribution in [0.1, 0.15) is 38.3 Å². The highest BCUT2D eigenvalue weighted by atomic mass is 35.5. The van der Waals surface area contributed by atoms with Crippen molar-refractivity contribution in [2.45, 2.75) is 51.6 Å². The zero-order valence-electron chi connectivity index (χ0n) is 23.1. The van der Waals surface area contributed by atoms with E-state index in [1.807, 2.05) is 52.0 Å². The molecule has 1 atom stereocenters. The van der Waals surface area contributed by atoms with E-state index in [4.69, 9.17) is 23.2 Å². The van der Waals surface area contributed by atoms with E-state index >= 15 is 0 Å². The van der Waals surface area contributed by atoms with E-state index < -0.39 is 28.5 Å². The van der Waals surface area contributed by atoms with Gasteiger partial charge in [0.25, 0.3) is 10.0 Å². The fourth-order valence-electron chi connectivity index (χ4n) is 4.28. The Morgan fingerprint density at radius 3 is 2.15 bits per heavy atom. The van der Waals surface area contributed by atoms with Gasteiger partial charge in [0.1, 0.15) is 12.6 Å². The van der Waals surface area contributed by atoms with Crippen LogP contribution in [0.25, 0.3) is 0 Å². The molecule has 10 heteroatoms. The first-order chi connectivity index (χ1) is 18.9. The van der Waals surface area contributed by atoms with Crippen LogP contribution in [0.2, 0.25) is 10.0 Å². The summed E-state index contributed by atoms with van der Waals surface area (Å²) >= 11 is 12.5. The molecule has 0 aliphatic heterocycles. The molecule has 40 heavy (non-hydrogen) atoms. The van der Waals surface area contributed by atoms with Crippen molar-refractivity contribution >= 4 is 50.7 Å². The number of carbonyl (C=O) groups is 2. The number of carbonyl (C=O) groups excluding carboxylic acids is 2. The zero-order valence-corrected chi connectivity index (χ0v) is 25.4. The summed E-state index contributed by atoms with van der Waals surface area (Å²) in [6.07, 6.45) is 0.343. The molecule has 0 saturated heterocycles. The minimum atomic E-state index is -4.20. The molecule has 0 aromatic heterocycles. The Labute approximate surface area is 247 Å². The highest BCUT2D eigenvalue weighted by molar-refractivity contribution is 7.92. The number of rotatable bonds is 12. The Kier molecular flexibility index (Phi) is 11.0. The molecule has 0 bridgehead atoms. The van der Waals surface area contributed by atoms with Gasteiger partial charge < -0.3 is 10.2 Å². The molecule has 214 valence electrons. The van der Waals surface area contributed by atoms with Gasteiger partial charge >= 0.3 is 0 Å². The molecule has 2 amide bonds. The van der Waals surface area contributed by atoms with Crippen LogP contribution in [0.5, 0.6) is 0 Å². The quantitative estimate of drug-likeness (QED) is 0.272. The molecule has 0 radical (unpaired) electrons. The summed E-state index contributed by atoms with van der Waals surface area (Å²) in [5, 5.41) is 3.37. The number of sulfonamides is 1. The van der Waals surface area contributed by atoms with Crippen molar-refractivity contribution in [2.24, 2.45) is 5.92 Å². The maximum atomic E-state index is 14.1. The molecule has 0 heterocycles. The summed E-state index contributed by atoms with van der Waals surface area (Å²) in [6.45, 7) is 7.76. The standard InChI is InChI=1S/C30H35Cl2N3O4S/c1-5-28(30(37)33-18-21(2)3)34(19-23-11-9-10-22(4)14-23)29(36)20-35(26-16-24(31)15-25(32)17-26)40(38,39)27-12-7-6-8-13-27/h6-17,21,28H,5,18-20H2,1-4H3,(H,33,37)/t28-/m0/s1. The van der Waals surface area contributed by atoms with Crippen LogP contribution < -0.4 is 9.62 Å². The number of nitrogens with zero attached hydrogens (tertiary/aromatic N) is 2. The predicted molar refractivity (Wildman–Crippen MR) is 161 cm³/mol. The SMILES string of the molecule is CC[C@@H](C(=O)NCC(C)C)N(Cc1cccc(C)c1)C(=O)CN(c1cc(Cl)cc(Cl)c1)S(=O)(=O)c1ccccc1. The molecule has 0 aliphatic rings. The van der Waals surface area contributed by atoms with Crippen molar-refractivity contribution in [3.63, 3.8) is 0 Å². The van der Waals surface area contributed by atoms with Gasteiger partial charge in [0.15, 0.2) is 0 Å². The number of aryl methyl sites for hydroxylation is 1. The van der Waals surface area contributed by atoms with Crippen molar-refractivity contribution in [2.75, 3.05) is 17.4 Å². The van der Waals surface area contributed by atoms with Crippen LogP contribution in [-0.4, -0.2) is 44.3 Å². The molecule has 0 aliphatic carbocycles. The number of hydrogen-bond donors (Lipinski definition) is 1. The summed E-state index contributed by atoms with van der Waals surface area (Å²) in [7, 11) is -4.20. The van der Waals surface area contributed by atoms with Crippen molar-refractivity contribution in [1.82, 2.24) is 10.2 Å². The number of nitrogens with one attached hydrogen (secondary N) is 1. The van der Waals surface area contributed by atoms with E-state index in [9.17, 15) is 18.0 Å². The Bertz CT molecular complexity index is 1410. The summed E-state index contributed by atoms with van der Waals surface area (Å²) in [5.74, 6) is -0.606. The molecular formula is C30H35Cl2N3O4S. The molecular weight excluding hydrogens is 569 g/mol. The van der Waals surface area contributed by atoms with Crippen molar-refractivity contribution in [3.05, 3.63) is 94.0 Å². The van der Waals surface area contributed by atoms with Crippen molar-refractivity contribution in [1.29, 1.82) is 0 Å². The van der Waals surface area contributed by atoms with Gasteiger partial charge in [-0.15, -0.1) is 0 Å². The van der Waals surface area contributed by atoms with Gasteiger partial charge in [0.2, 0.25) is 11.8 Å². The Balaban J connectivity index is 2.07. The number of amides is 2. The van der Waals surface area contributed by atoms with Crippen LogP contribution in [-0.2, 0) is 26.2 Å². The van der Waals surface area contributed by atoms with E-state index in [1.165, 1.54) is 35.2 Å². The van der Waals surface area contributed by atoms with Crippen LogP contribution in [0.4, 0.5) is 5.69 Å². The lowest BCUT2D eigenvalue weighted by Crippen LogP contribution is -2.52. The average molecular weight is 605 g/mol. The number of halogens is 2. The third kappa shape index (κ3) is 8.22. The lowest BCUT2D eigenvalue weighted by Gasteiger charge is -2.33. The second-order valence-electron chi connectivity index (χ2n) is 10.0. The van der Waals surface area contributed by atoms with Gasteiger partial charge in [-0.1, -0.05) is 92.0 Å². The first kappa shape index (κ1) is 31.5. The van der Waals surface area contributed by atoms with E-state index in [-0.39, 0.29) is 39.0 Å². The molecule has 0 unspecified atom stereocenters. The number of anilines is 1. The molecule has 3 rings (SSSR count). The molecule has 3 aromatic rings. The topological polar surface area (TPSA) is 86.8 Å². The first-order valence-electron chi connectivity index (χ1n) is 13.1. The maximum Gasteiger partial charge on any atom is 0.264 e. The van der Waals surface area contributed by atoms with E-state index in [0.717, 1.165) is 15.4 Å². The van der Waals surface area contributed by atoms with Crippen molar-refractivity contribution < 1.29 is 18.0 Å². The third-order valence-electron chi connectivity index (χ3n) is 6.25. The summed E-state index contributed by atoms with van der Waals surface area (Å²) in [4.78, 5) is 28.8. The Morgan fingerprint density at radius 1 is 0.925 bits per heavy atom. The Hall–Kier alpha value is -3.07. The summed E-state index contributed by atoms with van der Waals surface area (Å²) < 4.78 is 28.7. The molecule has 3 aromatic carbocycles. The zero-order chi connectivity index (χ0) is 29.4. The van der Waals surface area contributed by atoms with Crippen LogP contribution in [0.3, 0.4) is 0 Å². The largest absolute Gasteiger partial charge is 0.354 e. The fourth-order valence-corrected chi connectivity index (χ4v) is 6.21. The van der Waals surface area contributed by atoms with Gasteiger partial charge in [-0.3, -0.25) is 13.9 Å². The minimum absolute atomic E-state index is 0.00542. The van der Waals surface area contributed by atoms with E-state index in [1.54, 1.807) is 18.2 Å². The predicted octanol–water partition coefficient (Wildman–Crippen LogP) is 6.08. The first-order valence-corrected chi connectivity index (χ1v) is 15.3. The van der Waals surface area contributed by atoms with Crippen molar-refractivity contribution in [3.8, 4) is 0 Å². The van der Waals surface area contributed by atoms with E-state index in [2.05, 4.69) is 5.32 Å². The molecule has 1 N–H and O–H groups in total. The highest BCUT2D eigenvalue weighted by Gasteiger charge is 2.34. The van der Waals surface area contributed by atoms with Gasteiger partial charge in [-0.25, -0.2) is 8.42 Å². The third-order valence-corrected chi connectivity index (χ3v) is 8.48. The summed E-state index contributed by atoms with van der Waals surface area (Å²) in [5.41, 5.74) is 1.97. The van der Waals surface area contributed by atoms with Crippen LogP contribution in [0.15, 0.2) is 77.7 Å². The Morgan fingerprint density at radius 2 is 1.57 bits per heavy atom. The monoisotopic (exact) mass is 603 g/mol. The fraction of sp³-hybridized carbons (Fsp3) is 0.333. The number of benzene rings is 3. The molecule has 0 spiro atoms. The normalized spacial score (nSPS) is 12.2. The van der Waals surface area contributed by atoms with Gasteiger partial charge in [-0.2, -0.15) is 0 Å². The number of hydrogen-bond acceptors (Lipinski definition) is 4. The van der Waals surface area contributed by atoms with Crippen LogP contribution >= 0.6 is 23.2 Å². The van der Waals surface area contributed by atoms with Gasteiger partial charge in [0.05, 0.1) is 10.6 Å². The van der Waals surface area contributed by atoms with Gasteiger partial charge in [-0.05, 0) is 55.2 Å². The summed E-state index contributed by atoms with van der Waals surface area (Å²) in [6, 6.07) is 19.0. The minimum Gasteiger partial charge on any atom is -0.354 e. The lowest BCUT2D eigenvalue weighted by atomic mass is 10.1. The maximum absolute atomic E-state index is 14.1. The average Bonchev–Trinajstić information content (AvgIpc) is 2.90. The second-order valence-corrected chi connectivity index (χ2v) is 12.8.